The summed E-state index contributed by atoms with van der Waals surface area (Å²) in [5.41, 5.74) is 6.76. The molecule has 0 fully saturated rings. The molecular weight excluding hydrogens is 267 g/mol. The van der Waals surface area contributed by atoms with Crippen LogP contribution in [0.25, 0.3) is 0 Å². The van der Waals surface area contributed by atoms with Crippen LogP contribution >= 0.6 is 0 Å². The van der Waals surface area contributed by atoms with Crippen molar-refractivity contribution in [2.75, 3.05) is 0 Å². The lowest BCUT2D eigenvalue weighted by molar-refractivity contribution is -0.137. The molecule has 0 spiro atoms. The molecule has 106 valence electrons. The summed E-state index contributed by atoms with van der Waals surface area (Å²) in [7, 11) is 0. The Morgan fingerprint density at radius 2 is 1.60 bits per heavy atom. The van der Waals surface area contributed by atoms with Crippen molar-refractivity contribution in [1.82, 2.24) is 0 Å². The highest BCUT2D eigenvalue weighted by atomic mass is 19.4. The van der Waals surface area contributed by atoms with Gasteiger partial charge in [-0.2, -0.15) is 13.2 Å². The highest BCUT2D eigenvalue weighted by Crippen LogP contribution is 2.30. The van der Waals surface area contributed by atoms with Crippen LogP contribution in [0.3, 0.4) is 0 Å². The molecule has 0 bridgehead atoms. The number of hydrogen-bond donors (Lipinski definition) is 1. The zero-order valence-electron chi connectivity index (χ0n) is 10.7. The Labute approximate surface area is 115 Å². The third kappa shape index (κ3) is 3.74. The minimum atomic E-state index is -4.33. The summed E-state index contributed by atoms with van der Waals surface area (Å²) >= 11 is 0. The second-order valence-electron chi connectivity index (χ2n) is 4.33. The molecule has 2 rings (SSSR count). The fraction of sp³-hybridized carbons (Fsp3) is 0.200. The summed E-state index contributed by atoms with van der Waals surface area (Å²) in [6, 6.07) is 12.2. The van der Waals surface area contributed by atoms with Crippen molar-refractivity contribution in [2.24, 2.45) is 5.73 Å². The van der Waals surface area contributed by atoms with Gasteiger partial charge >= 0.3 is 6.18 Å². The van der Waals surface area contributed by atoms with Gasteiger partial charge in [-0.15, -0.1) is 0 Å². The highest BCUT2D eigenvalue weighted by Gasteiger charge is 2.29. The molecule has 2 N–H and O–H groups in total. The average molecular weight is 281 g/mol. The van der Waals surface area contributed by atoms with Gasteiger partial charge in [0.05, 0.1) is 5.56 Å². The SMILES string of the molecule is NCc1cccc(COc2ccc(C(F)(F)F)cc2)c1. The first-order valence-corrected chi connectivity index (χ1v) is 6.07. The summed E-state index contributed by atoms with van der Waals surface area (Å²) in [5.74, 6) is 0.399. The van der Waals surface area contributed by atoms with Crippen LogP contribution in [0.5, 0.6) is 5.75 Å². The quantitative estimate of drug-likeness (QED) is 0.926. The summed E-state index contributed by atoms with van der Waals surface area (Å²) in [6.45, 7) is 0.729. The van der Waals surface area contributed by atoms with Gasteiger partial charge in [-0.1, -0.05) is 24.3 Å². The van der Waals surface area contributed by atoms with E-state index >= 15 is 0 Å². The summed E-state index contributed by atoms with van der Waals surface area (Å²) in [5, 5.41) is 0. The molecule has 0 radical (unpaired) electrons. The molecule has 20 heavy (non-hydrogen) atoms. The number of hydrogen-bond acceptors (Lipinski definition) is 2. The average Bonchev–Trinajstić information content (AvgIpc) is 2.45. The molecule has 0 atom stereocenters. The van der Waals surface area contributed by atoms with Gasteiger partial charge < -0.3 is 10.5 Å². The van der Waals surface area contributed by atoms with E-state index in [1.807, 2.05) is 24.3 Å². The fourth-order valence-electron chi connectivity index (χ4n) is 1.75. The van der Waals surface area contributed by atoms with E-state index in [9.17, 15) is 13.2 Å². The Balaban J connectivity index is 2.00. The van der Waals surface area contributed by atoms with Crippen molar-refractivity contribution in [3.05, 3.63) is 65.2 Å². The van der Waals surface area contributed by atoms with Crippen LogP contribution in [0.4, 0.5) is 13.2 Å². The van der Waals surface area contributed by atoms with Crippen molar-refractivity contribution >= 4 is 0 Å². The molecule has 2 nitrogen and oxygen atoms in total. The van der Waals surface area contributed by atoms with Crippen molar-refractivity contribution < 1.29 is 17.9 Å². The topological polar surface area (TPSA) is 35.2 Å². The minimum absolute atomic E-state index is 0.291. The summed E-state index contributed by atoms with van der Waals surface area (Å²) in [6.07, 6.45) is -4.33. The Morgan fingerprint density at radius 3 is 2.20 bits per heavy atom. The van der Waals surface area contributed by atoms with Gasteiger partial charge in [0.25, 0.3) is 0 Å². The molecule has 0 aromatic heterocycles. The van der Waals surface area contributed by atoms with Gasteiger partial charge in [-0.25, -0.2) is 0 Å². The van der Waals surface area contributed by atoms with Crippen molar-refractivity contribution in [3.63, 3.8) is 0 Å². The van der Waals surface area contributed by atoms with E-state index in [1.54, 1.807) is 0 Å². The number of ether oxygens (including phenoxy) is 1. The van der Waals surface area contributed by atoms with E-state index in [2.05, 4.69) is 0 Å². The number of benzene rings is 2. The zero-order chi connectivity index (χ0) is 14.6. The molecule has 0 aliphatic heterocycles. The van der Waals surface area contributed by atoms with Gasteiger partial charge in [-0.3, -0.25) is 0 Å². The smallest absolute Gasteiger partial charge is 0.416 e. The zero-order valence-corrected chi connectivity index (χ0v) is 10.7. The molecule has 0 saturated heterocycles. The van der Waals surface area contributed by atoms with Gasteiger partial charge in [0.2, 0.25) is 0 Å². The van der Waals surface area contributed by atoms with Crippen LogP contribution in [0.2, 0.25) is 0 Å². The third-order valence-corrected chi connectivity index (χ3v) is 2.81. The van der Waals surface area contributed by atoms with E-state index in [-0.39, 0.29) is 0 Å². The van der Waals surface area contributed by atoms with Gasteiger partial charge in [0.1, 0.15) is 12.4 Å². The molecule has 0 aliphatic carbocycles. The standard InChI is InChI=1S/C15H14F3NO/c16-15(17,18)13-4-6-14(7-5-13)20-10-12-3-1-2-11(8-12)9-19/h1-8H,9-10,19H2. The van der Waals surface area contributed by atoms with E-state index < -0.39 is 11.7 Å². The maximum absolute atomic E-state index is 12.4. The lowest BCUT2D eigenvalue weighted by Crippen LogP contribution is -2.04. The van der Waals surface area contributed by atoms with E-state index in [0.717, 1.165) is 23.3 Å². The molecule has 0 heterocycles. The number of halogens is 3. The summed E-state index contributed by atoms with van der Waals surface area (Å²) < 4.78 is 42.7. The van der Waals surface area contributed by atoms with Crippen molar-refractivity contribution in [3.8, 4) is 5.75 Å². The predicted octanol–water partition coefficient (Wildman–Crippen LogP) is 3.74. The van der Waals surface area contributed by atoms with E-state index in [4.69, 9.17) is 10.5 Å². The van der Waals surface area contributed by atoms with Gasteiger partial charge in [0.15, 0.2) is 0 Å². The second-order valence-corrected chi connectivity index (χ2v) is 4.33. The normalized spacial score (nSPS) is 11.4. The number of alkyl halides is 3. The lowest BCUT2D eigenvalue weighted by Gasteiger charge is -2.09. The first-order chi connectivity index (χ1) is 9.49. The van der Waals surface area contributed by atoms with Crippen molar-refractivity contribution in [1.29, 1.82) is 0 Å². The maximum atomic E-state index is 12.4. The van der Waals surface area contributed by atoms with Crippen LogP contribution in [-0.4, -0.2) is 0 Å². The molecule has 0 unspecified atom stereocenters. The first-order valence-electron chi connectivity index (χ1n) is 6.07. The predicted molar refractivity (Wildman–Crippen MR) is 70.1 cm³/mol. The fourth-order valence-corrected chi connectivity index (χ4v) is 1.75. The molecule has 2 aromatic carbocycles. The summed E-state index contributed by atoms with van der Waals surface area (Å²) in [4.78, 5) is 0. The Kier molecular flexibility index (Phi) is 4.29. The van der Waals surface area contributed by atoms with Crippen LogP contribution in [0.15, 0.2) is 48.5 Å². The van der Waals surface area contributed by atoms with Gasteiger partial charge in [-0.05, 0) is 35.4 Å². The van der Waals surface area contributed by atoms with Crippen molar-refractivity contribution in [2.45, 2.75) is 19.3 Å². The Bertz CT molecular complexity index is 564. The second kappa shape index (κ2) is 5.96. The highest BCUT2D eigenvalue weighted by molar-refractivity contribution is 5.29. The minimum Gasteiger partial charge on any atom is -0.489 e. The Hall–Kier alpha value is -2.01. The monoisotopic (exact) mass is 281 g/mol. The maximum Gasteiger partial charge on any atom is 0.416 e. The molecule has 0 saturated carbocycles. The number of rotatable bonds is 4. The third-order valence-electron chi connectivity index (χ3n) is 2.81. The number of nitrogens with two attached hydrogens (primary N) is 1. The van der Waals surface area contributed by atoms with Crippen LogP contribution in [0, 0.1) is 0 Å². The molecule has 2 aromatic rings. The molecule has 5 heteroatoms. The van der Waals surface area contributed by atoms with Gasteiger partial charge in [0, 0.05) is 6.54 Å². The van der Waals surface area contributed by atoms with Crippen LogP contribution in [0.1, 0.15) is 16.7 Å². The van der Waals surface area contributed by atoms with Crippen LogP contribution < -0.4 is 10.5 Å². The Morgan fingerprint density at radius 1 is 0.950 bits per heavy atom. The first kappa shape index (κ1) is 14.4. The van der Waals surface area contributed by atoms with E-state index in [1.165, 1.54) is 12.1 Å². The lowest BCUT2D eigenvalue weighted by atomic mass is 10.1. The molecule has 0 aliphatic rings. The van der Waals surface area contributed by atoms with E-state index in [0.29, 0.717) is 18.9 Å². The molecule has 0 amide bonds. The van der Waals surface area contributed by atoms with Crippen LogP contribution in [-0.2, 0) is 19.3 Å². The largest absolute Gasteiger partial charge is 0.489 e. The molecular formula is C15H14F3NO.